The highest BCUT2D eigenvalue weighted by Crippen LogP contribution is 2.33. The van der Waals surface area contributed by atoms with Crippen molar-refractivity contribution in [2.24, 2.45) is 0 Å². The van der Waals surface area contributed by atoms with Crippen LogP contribution in [-0.4, -0.2) is 34.1 Å². The molecule has 1 heterocycles. The smallest absolute Gasteiger partial charge is 0.297 e. The zero-order valence-electron chi connectivity index (χ0n) is 13.2. The van der Waals surface area contributed by atoms with Gasteiger partial charge in [0.1, 0.15) is 5.94 Å². The molecule has 0 saturated heterocycles. The van der Waals surface area contributed by atoms with Crippen LogP contribution in [0.15, 0.2) is 53.4 Å². The minimum atomic E-state index is -3.78. The van der Waals surface area contributed by atoms with Crippen molar-refractivity contribution in [2.45, 2.75) is 11.8 Å². The van der Waals surface area contributed by atoms with E-state index in [2.05, 4.69) is 0 Å². The van der Waals surface area contributed by atoms with Gasteiger partial charge in [0.25, 0.3) is 10.1 Å². The van der Waals surface area contributed by atoms with Crippen molar-refractivity contribution >= 4 is 27.3 Å². The zero-order valence-corrected chi connectivity index (χ0v) is 14.0. The number of anilines is 1. The third kappa shape index (κ3) is 3.26. The molecule has 0 N–H and O–H groups in total. The number of carbonyl (C=O) groups excluding carboxylic acids is 1. The molecule has 2 aromatic rings. The Labute approximate surface area is 141 Å². The summed E-state index contributed by atoms with van der Waals surface area (Å²) in [5, 5.41) is 0. The molecule has 5 nitrogen and oxygen atoms in total. The van der Waals surface area contributed by atoms with Crippen LogP contribution >= 0.6 is 0 Å². The van der Waals surface area contributed by atoms with E-state index in [0.717, 1.165) is 16.8 Å². The second-order valence-electron chi connectivity index (χ2n) is 5.61. The number of hydrogen-bond donors (Lipinski definition) is 0. The van der Waals surface area contributed by atoms with Gasteiger partial charge in [-0.25, -0.2) is 4.79 Å². The zero-order chi connectivity index (χ0) is 17.2. The molecule has 2 aromatic carbocycles. The van der Waals surface area contributed by atoms with Crippen molar-refractivity contribution in [1.29, 1.82) is 0 Å². The van der Waals surface area contributed by atoms with Gasteiger partial charge >= 0.3 is 0 Å². The maximum atomic E-state index is 12.2. The highest BCUT2D eigenvalue weighted by atomic mass is 32.2. The fourth-order valence-electron chi connectivity index (χ4n) is 2.68. The summed E-state index contributed by atoms with van der Waals surface area (Å²) in [6, 6.07) is 14.0. The van der Waals surface area contributed by atoms with Crippen LogP contribution < -0.4 is 4.90 Å². The normalized spacial score (nSPS) is 13.7. The molecule has 0 saturated carbocycles. The van der Waals surface area contributed by atoms with Crippen LogP contribution in [-0.2, 0) is 19.1 Å². The van der Waals surface area contributed by atoms with E-state index in [9.17, 15) is 13.2 Å². The Bertz CT molecular complexity index is 897. The fourth-order valence-corrected chi connectivity index (χ4v) is 3.58. The molecule has 6 heteroatoms. The van der Waals surface area contributed by atoms with E-state index in [-0.39, 0.29) is 11.5 Å². The van der Waals surface area contributed by atoms with Gasteiger partial charge in [-0.05, 0) is 25.1 Å². The second-order valence-corrected chi connectivity index (χ2v) is 7.22. The topological polar surface area (TPSA) is 63.7 Å². The fraction of sp³-hybridized carbons (Fsp3) is 0.222. The summed E-state index contributed by atoms with van der Waals surface area (Å²) in [4.78, 5) is 13.1. The van der Waals surface area contributed by atoms with Gasteiger partial charge in [-0.1, -0.05) is 35.9 Å². The number of rotatable bonds is 5. The summed E-state index contributed by atoms with van der Waals surface area (Å²) >= 11 is 0. The lowest BCUT2D eigenvalue weighted by Gasteiger charge is -2.18. The Morgan fingerprint density at radius 3 is 2.54 bits per heavy atom. The van der Waals surface area contributed by atoms with Crippen LogP contribution in [0.3, 0.4) is 0 Å². The number of nitrogens with zero attached hydrogens (tertiary/aromatic N) is 1. The molecular formula is C18H17NO4S. The maximum Gasteiger partial charge on any atom is 0.297 e. The minimum absolute atomic E-state index is 0.0106. The predicted octanol–water partition coefficient (Wildman–Crippen LogP) is 2.44. The number of para-hydroxylation sites is 1. The highest BCUT2D eigenvalue weighted by molar-refractivity contribution is 7.86. The van der Waals surface area contributed by atoms with Gasteiger partial charge in [0, 0.05) is 17.8 Å². The summed E-state index contributed by atoms with van der Waals surface area (Å²) in [6.45, 7) is 2.68. The molecule has 0 radical (unpaired) electrons. The van der Waals surface area contributed by atoms with E-state index in [4.69, 9.17) is 4.18 Å². The maximum absolute atomic E-state index is 12.2. The summed E-state index contributed by atoms with van der Waals surface area (Å²) in [6.07, 6.45) is 0. The molecule has 1 aliphatic rings. The van der Waals surface area contributed by atoms with Crippen LogP contribution in [0.4, 0.5) is 5.69 Å². The number of hydrogen-bond acceptors (Lipinski definition) is 5. The molecule has 0 fully saturated rings. The van der Waals surface area contributed by atoms with Gasteiger partial charge in [0.05, 0.1) is 23.6 Å². The summed E-state index contributed by atoms with van der Waals surface area (Å²) in [5.41, 5.74) is 3.30. The molecule has 0 aliphatic carbocycles. The van der Waals surface area contributed by atoms with Crippen LogP contribution in [0.25, 0.3) is 5.57 Å². The Kier molecular flexibility index (Phi) is 4.53. The summed E-state index contributed by atoms with van der Waals surface area (Å²) < 4.78 is 29.5. The lowest BCUT2D eigenvalue weighted by Crippen LogP contribution is -2.26. The predicted molar refractivity (Wildman–Crippen MR) is 92.1 cm³/mol. The Morgan fingerprint density at radius 2 is 1.83 bits per heavy atom. The summed E-state index contributed by atoms with van der Waals surface area (Å²) in [7, 11) is -3.78. The molecule has 124 valence electrons. The third-order valence-electron chi connectivity index (χ3n) is 3.95. The standard InChI is InChI=1S/C18H17NO4S/c1-14-6-8-16(9-7-14)24(21,22)23-11-10-19-12-15(13-20)17-4-2-3-5-18(17)19/h2-9H,10-12H2,1H3. The van der Waals surface area contributed by atoms with Gasteiger partial charge < -0.3 is 4.90 Å². The average molecular weight is 343 g/mol. The number of benzene rings is 2. The molecule has 0 atom stereocenters. The van der Waals surface area contributed by atoms with E-state index < -0.39 is 10.1 Å². The molecule has 24 heavy (non-hydrogen) atoms. The molecular weight excluding hydrogens is 326 g/mol. The van der Waals surface area contributed by atoms with E-state index in [1.807, 2.05) is 42.0 Å². The van der Waals surface area contributed by atoms with Crippen molar-refractivity contribution < 1.29 is 17.4 Å². The molecule has 0 amide bonds. The monoisotopic (exact) mass is 343 g/mol. The van der Waals surface area contributed by atoms with E-state index in [0.29, 0.717) is 18.7 Å². The van der Waals surface area contributed by atoms with Gasteiger partial charge in [0.15, 0.2) is 0 Å². The lowest BCUT2D eigenvalue weighted by molar-refractivity contribution is 0.325. The van der Waals surface area contributed by atoms with Gasteiger partial charge in [0.2, 0.25) is 0 Å². The number of fused-ring (bicyclic) bond motifs is 1. The first kappa shape index (κ1) is 16.5. The Hall–Kier alpha value is -2.40. The van der Waals surface area contributed by atoms with Gasteiger partial charge in [-0.2, -0.15) is 8.42 Å². The first-order chi connectivity index (χ1) is 11.5. The SMILES string of the molecule is Cc1ccc(S(=O)(=O)OCCN2CC(=C=O)c3ccccc32)cc1. The lowest BCUT2D eigenvalue weighted by atomic mass is 10.1. The molecule has 3 rings (SSSR count). The third-order valence-corrected chi connectivity index (χ3v) is 5.28. The minimum Gasteiger partial charge on any atom is -0.364 e. The molecule has 0 bridgehead atoms. The van der Waals surface area contributed by atoms with E-state index in [1.54, 1.807) is 12.1 Å². The molecule has 1 aliphatic heterocycles. The molecule has 0 spiro atoms. The Morgan fingerprint density at radius 1 is 1.12 bits per heavy atom. The van der Waals surface area contributed by atoms with Crippen molar-refractivity contribution in [3.05, 3.63) is 59.7 Å². The largest absolute Gasteiger partial charge is 0.364 e. The van der Waals surface area contributed by atoms with Crippen molar-refractivity contribution in [2.75, 3.05) is 24.6 Å². The Balaban J connectivity index is 1.67. The molecule has 0 aromatic heterocycles. The highest BCUT2D eigenvalue weighted by Gasteiger charge is 2.24. The van der Waals surface area contributed by atoms with Crippen molar-refractivity contribution in [1.82, 2.24) is 0 Å². The quantitative estimate of drug-likeness (QED) is 0.616. The van der Waals surface area contributed by atoms with Gasteiger partial charge in [-0.3, -0.25) is 4.18 Å². The first-order valence-electron chi connectivity index (χ1n) is 7.56. The van der Waals surface area contributed by atoms with E-state index >= 15 is 0 Å². The number of aryl methyl sites for hydroxylation is 1. The van der Waals surface area contributed by atoms with Crippen molar-refractivity contribution in [3.63, 3.8) is 0 Å². The first-order valence-corrected chi connectivity index (χ1v) is 8.96. The van der Waals surface area contributed by atoms with Crippen LogP contribution in [0, 0.1) is 6.92 Å². The van der Waals surface area contributed by atoms with Crippen LogP contribution in [0.1, 0.15) is 11.1 Å². The van der Waals surface area contributed by atoms with Crippen LogP contribution in [0.2, 0.25) is 0 Å². The average Bonchev–Trinajstić information content (AvgIpc) is 2.93. The van der Waals surface area contributed by atoms with E-state index in [1.165, 1.54) is 12.1 Å². The molecule has 0 unspecified atom stereocenters. The van der Waals surface area contributed by atoms with Crippen molar-refractivity contribution in [3.8, 4) is 0 Å². The van der Waals surface area contributed by atoms with Crippen LogP contribution in [0.5, 0.6) is 0 Å². The summed E-state index contributed by atoms with van der Waals surface area (Å²) in [5.74, 6) is 1.95. The van der Waals surface area contributed by atoms with Gasteiger partial charge in [-0.15, -0.1) is 0 Å². The second kappa shape index (κ2) is 6.61.